The molecule has 4 heteroatoms. The Morgan fingerprint density at radius 3 is 2.71 bits per heavy atom. The summed E-state index contributed by atoms with van der Waals surface area (Å²) < 4.78 is 1.69. The van der Waals surface area contributed by atoms with Gasteiger partial charge in [-0.25, -0.2) is 0 Å². The van der Waals surface area contributed by atoms with Crippen molar-refractivity contribution in [3.05, 3.63) is 52.3 Å². The van der Waals surface area contributed by atoms with Crippen LogP contribution in [0.3, 0.4) is 0 Å². The number of Topliss-reactive ketones (excluding diaryl/α,β-unsaturated/α-hetero) is 1. The predicted molar refractivity (Wildman–Crippen MR) is 67.4 cm³/mol. The van der Waals surface area contributed by atoms with Crippen molar-refractivity contribution in [2.75, 3.05) is 0 Å². The molecule has 0 atom stereocenters. The van der Waals surface area contributed by atoms with Crippen LogP contribution in [0.15, 0.2) is 30.5 Å². The summed E-state index contributed by atoms with van der Waals surface area (Å²) >= 11 is 6.03. The Labute approximate surface area is 105 Å². The number of nitrogens with zero attached hydrogens (tertiary/aromatic N) is 2. The third kappa shape index (κ3) is 2.39. The van der Waals surface area contributed by atoms with Gasteiger partial charge >= 0.3 is 0 Å². The highest BCUT2D eigenvalue weighted by Crippen LogP contribution is 2.18. The molecule has 0 radical (unpaired) electrons. The van der Waals surface area contributed by atoms with Gasteiger partial charge in [-0.1, -0.05) is 29.8 Å². The van der Waals surface area contributed by atoms with E-state index in [9.17, 15) is 4.79 Å². The van der Waals surface area contributed by atoms with Crippen LogP contribution in [-0.4, -0.2) is 15.6 Å². The number of carbonyl (C=O) groups is 1. The van der Waals surface area contributed by atoms with Crippen molar-refractivity contribution in [3.8, 4) is 0 Å². The third-order valence-corrected chi connectivity index (χ3v) is 3.21. The lowest BCUT2D eigenvalue weighted by Gasteiger charge is -2.03. The Morgan fingerprint density at radius 1 is 1.41 bits per heavy atom. The van der Waals surface area contributed by atoms with Crippen molar-refractivity contribution in [2.24, 2.45) is 7.05 Å². The van der Waals surface area contributed by atoms with E-state index in [0.717, 1.165) is 11.3 Å². The first kappa shape index (κ1) is 11.9. The van der Waals surface area contributed by atoms with Gasteiger partial charge in [-0.15, -0.1) is 0 Å². The maximum atomic E-state index is 12.1. The summed E-state index contributed by atoms with van der Waals surface area (Å²) in [7, 11) is 1.82. The Bertz CT molecular complexity index is 560. The SMILES string of the molecule is Cc1c(C(=O)Cc2ccccc2Cl)cnn1C. The maximum absolute atomic E-state index is 12.1. The third-order valence-electron chi connectivity index (χ3n) is 2.84. The van der Waals surface area contributed by atoms with Crippen LogP contribution < -0.4 is 0 Å². The number of hydrogen-bond donors (Lipinski definition) is 0. The topological polar surface area (TPSA) is 34.9 Å². The second kappa shape index (κ2) is 4.72. The first-order valence-electron chi connectivity index (χ1n) is 5.35. The molecule has 0 saturated carbocycles. The molecule has 0 unspecified atom stereocenters. The molecule has 17 heavy (non-hydrogen) atoms. The Balaban J connectivity index is 2.23. The van der Waals surface area contributed by atoms with Gasteiger partial charge in [-0.2, -0.15) is 5.10 Å². The maximum Gasteiger partial charge on any atom is 0.170 e. The molecule has 1 aromatic heterocycles. The van der Waals surface area contributed by atoms with Gasteiger partial charge in [0.15, 0.2) is 5.78 Å². The Morgan fingerprint density at radius 2 is 2.12 bits per heavy atom. The average Bonchev–Trinajstić information content (AvgIpc) is 2.63. The van der Waals surface area contributed by atoms with E-state index in [0.29, 0.717) is 17.0 Å². The van der Waals surface area contributed by atoms with Crippen molar-refractivity contribution < 1.29 is 4.79 Å². The Hall–Kier alpha value is -1.61. The molecule has 0 saturated heterocycles. The minimum Gasteiger partial charge on any atom is -0.294 e. The Kier molecular flexibility index (Phi) is 3.29. The van der Waals surface area contributed by atoms with Crippen LogP contribution in [0.5, 0.6) is 0 Å². The van der Waals surface area contributed by atoms with Gasteiger partial charge in [-0.3, -0.25) is 9.48 Å². The van der Waals surface area contributed by atoms with Crippen molar-refractivity contribution >= 4 is 17.4 Å². The number of rotatable bonds is 3. The molecule has 0 N–H and O–H groups in total. The number of halogens is 1. The number of hydrogen-bond acceptors (Lipinski definition) is 2. The van der Waals surface area contributed by atoms with E-state index in [-0.39, 0.29) is 5.78 Å². The summed E-state index contributed by atoms with van der Waals surface area (Å²) in [6, 6.07) is 7.39. The van der Waals surface area contributed by atoms with E-state index >= 15 is 0 Å². The standard InChI is InChI=1S/C13H13ClN2O/c1-9-11(8-15-16(9)2)13(17)7-10-5-3-4-6-12(10)14/h3-6,8H,7H2,1-2H3. The van der Waals surface area contributed by atoms with Gasteiger partial charge in [0.25, 0.3) is 0 Å². The first-order chi connectivity index (χ1) is 8.09. The number of aryl methyl sites for hydroxylation is 1. The minimum absolute atomic E-state index is 0.0451. The van der Waals surface area contributed by atoms with E-state index in [1.54, 1.807) is 16.9 Å². The summed E-state index contributed by atoms with van der Waals surface area (Å²) in [6.07, 6.45) is 1.92. The summed E-state index contributed by atoms with van der Waals surface area (Å²) in [5, 5.41) is 4.69. The van der Waals surface area contributed by atoms with Crippen molar-refractivity contribution in [1.82, 2.24) is 9.78 Å². The number of ketones is 1. The molecule has 88 valence electrons. The molecule has 2 rings (SSSR count). The van der Waals surface area contributed by atoms with Gasteiger partial charge < -0.3 is 0 Å². The molecule has 0 spiro atoms. The molecular formula is C13H13ClN2O. The van der Waals surface area contributed by atoms with E-state index in [4.69, 9.17) is 11.6 Å². The van der Waals surface area contributed by atoms with Gasteiger partial charge in [-0.05, 0) is 18.6 Å². The fourth-order valence-corrected chi connectivity index (χ4v) is 1.88. The summed E-state index contributed by atoms with van der Waals surface area (Å²) in [6.45, 7) is 1.88. The molecule has 1 heterocycles. The normalized spacial score (nSPS) is 10.5. The lowest BCUT2D eigenvalue weighted by atomic mass is 10.0. The highest BCUT2D eigenvalue weighted by atomic mass is 35.5. The van der Waals surface area contributed by atoms with Crippen molar-refractivity contribution in [2.45, 2.75) is 13.3 Å². The minimum atomic E-state index is 0.0451. The highest BCUT2D eigenvalue weighted by Gasteiger charge is 2.14. The van der Waals surface area contributed by atoms with Crippen molar-refractivity contribution in [1.29, 1.82) is 0 Å². The second-order valence-corrected chi connectivity index (χ2v) is 4.37. The highest BCUT2D eigenvalue weighted by molar-refractivity contribution is 6.31. The van der Waals surface area contributed by atoms with E-state index in [2.05, 4.69) is 5.10 Å². The second-order valence-electron chi connectivity index (χ2n) is 3.96. The van der Waals surface area contributed by atoms with Crippen LogP contribution in [0.1, 0.15) is 21.6 Å². The summed E-state index contributed by atoms with van der Waals surface area (Å²) in [4.78, 5) is 12.1. The van der Waals surface area contributed by atoms with Crippen LogP contribution in [0.25, 0.3) is 0 Å². The molecule has 0 fully saturated rings. The molecule has 2 aromatic rings. The summed E-state index contributed by atoms with van der Waals surface area (Å²) in [5.74, 6) is 0.0451. The van der Waals surface area contributed by atoms with E-state index in [1.807, 2.05) is 32.2 Å². The van der Waals surface area contributed by atoms with Crippen LogP contribution in [-0.2, 0) is 13.5 Å². The summed E-state index contributed by atoms with van der Waals surface area (Å²) in [5.41, 5.74) is 2.39. The molecule has 0 amide bonds. The van der Waals surface area contributed by atoms with Crippen LogP contribution in [0, 0.1) is 6.92 Å². The van der Waals surface area contributed by atoms with Gasteiger partial charge in [0, 0.05) is 24.2 Å². The quantitative estimate of drug-likeness (QED) is 0.783. The van der Waals surface area contributed by atoms with Gasteiger partial charge in [0.05, 0.1) is 11.8 Å². The van der Waals surface area contributed by atoms with E-state index < -0.39 is 0 Å². The van der Waals surface area contributed by atoms with Crippen LogP contribution >= 0.6 is 11.6 Å². The molecular weight excluding hydrogens is 236 g/mol. The fraction of sp³-hybridized carbons (Fsp3) is 0.231. The zero-order valence-corrected chi connectivity index (χ0v) is 10.5. The molecule has 0 bridgehead atoms. The fourth-order valence-electron chi connectivity index (χ4n) is 1.68. The molecule has 0 aliphatic rings. The van der Waals surface area contributed by atoms with Crippen LogP contribution in [0.2, 0.25) is 5.02 Å². The number of aromatic nitrogens is 2. The average molecular weight is 249 g/mol. The lowest BCUT2D eigenvalue weighted by Crippen LogP contribution is -2.05. The first-order valence-corrected chi connectivity index (χ1v) is 5.72. The number of carbonyl (C=O) groups excluding carboxylic acids is 1. The zero-order valence-electron chi connectivity index (χ0n) is 9.77. The zero-order chi connectivity index (χ0) is 12.4. The van der Waals surface area contributed by atoms with E-state index in [1.165, 1.54) is 0 Å². The lowest BCUT2D eigenvalue weighted by molar-refractivity contribution is 0.0992. The molecule has 0 aliphatic carbocycles. The van der Waals surface area contributed by atoms with Crippen LogP contribution in [0.4, 0.5) is 0 Å². The van der Waals surface area contributed by atoms with Gasteiger partial charge in [0.1, 0.15) is 0 Å². The largest absolute Gasteiger partial charge is 0.294 e. The monoisotopic (exact) mass is 248 g/mol. The molecule has 1 aromatic carbocycles. The van der Waals surface area contributed by atoms with Gasteiger partial charge in [0.2, 0.25) is 0 Å². The number of benzene rings is 1. The predicted octanol–water partition coefficient (Wildman–Crippen LogP) is 2.81. The van der Waals surface area contributed by atoms with Crippen molar-refractivity contribution in [3.63, 3.8) is 0 Å². The smallest absolute Gasteiger partial charge is 0.170 e. The molecule has 3 nitrogen and oxygen atoms in total. The molecule has 0 aliphatic heterocycles.